The zero-order valence-electron chi connectivity index (χ0n) is 16.3. The number of amides is 2. The van der Waals surface area contributed by atoms with E-state index in [1.807, 2.05) is 0 Å². The Morgan fingerprint density at radius 3 is 2.40 bits per heavy atom. The van der Waals surface area contributed by atoms with Crippen molar-refractivity contribution in [1.29, 1.82) is 0 Å². The zero-order valence-corrected chi connectivity index (χ0v) is 16.3. The van der Waals surface area contributed by atoms with Crippen LogP contribution in [0, 0.1) is 12.7 Å². The Bertz CT molecular complexity index is 1140. The van der Waals surface area contributed by atoms with Gasteiger partial charge in [0, 0.05) is 17.4 Å². The molecular formula is C21H19FN4O4. The maximum atomic E-state index is 13.6. The smallest absolute Gasteiger partial charge is 0.276 e. The number of benzene rings is 2. The molecule has 0 bridgehead atoms. The molecule has 0 aliphatic rings. The van der Waals surface area contributed by atoms with Gasteiger partial charge in [-0.3, -0.25) is 14.4 Å². The van der Waals surface area contributed by atoms with Crippen LogP contribution in [0.25, 0.3) is 0 Å². The number of nitrogens with zero attached hydrogens (tertiary/aromatic N) is 2. The first kappa shape index (κ1) is 20.7. The van der Waals surface area contributed by atoms with Gasteiger partial charge in [0.1, 0.15) is 23.8 Å². The van der Waals surface area contributed by atoms with Crippen molar-refractivity contribution in [3.8, 4) is 5.75 Å². The first-order valence-electron chi connectivity index (χ1n) is 8.95. The maximum absolute atomic E-state index is 13.6. The van der Waals surface area contributed by atoms with E-state index in [2.05, 4.69) is 15.7 Å². The Kier molecular flexibility index (Phi) is 6.21. The van der Waals surface area contributed by atoms with Gasteiger partial charge in [-0.25, -0.2) is 9.07 Å². The van der Waals surface area contributed by atoms with Gasteiger partial charge in [-0.1, -0.05) is 6.07 Å². The Morgan fingerprint density at radius 1 is 1.03 bits per heavy atom. The van der Waals surface area contributed by atoms with E-state index in [9.17, 15) is 18.8 Å². The number of rotatable bonds is 6. The van der Waals surface area contributed by atoms with E-state index in [1.165, 1.54) is 25.3 Å². The molecule has 2 amide bonds. The number of carbonyl (C=O) groups excluding carboxylic acids is 2. The number of nitrogens with one attached hydrogen (secondary N) is 2. The summed E-state index contributed by atoms with van der Waals surface area (Å²) in [5.41, 5.74) is 0.617. The first-order chi connectivity index (χ1) is 14.4. The molecule has 0 unspecified atom stereocenters. The van der Waals surface area contributed by atoms with Crippen LogP contribution < -0.4 is 20.9 Å². The normalized spacial score (nSPS) is 10.4. The fraction of sp³-hybridized carbons (Fsp3) is 0.143. The second-order valence-electron chi connectivity index (χ2n) is 6.41. The molecule has 0 saturated carbocycles. The number of methoxy groups -OCH3 is 1. The average Bonchev–Trinajstić information content (AvgIpc) is 2.73. The SMILES string of the molecule is COc1ccc(NC(=O)c2ccc(=O)n(CC(=O)Nc3ccc(C)c(F)c3)n2)cc1. The number of aryl methyl sites for hydroxylation is 1. The van der Waals surface area contributed by atoms with Gasteiger partial charge in [0.2, 0.25) is 5.91 Å². The van der Waals surface area contributed by atoms with E-state index in [1.54, 1.807) is 37.3 Å². The van der Waals surface area contributed by atoms with E-state index < -0.39 is 29.7 Å². The number of hydrogen-bond acceptors (Lipinski definition) is 5. The predicted octanol–water partition coefficient (Wildman–Crippen LogP) is 2.59. The molecule has 0 spiro atoms. The Labute approximate surface area is 171 Å². The highest BCUT2D eigenvalue weighted by molar-refractivity contribution is 6.02. The Balaban J connectivity index is 1.70. The molecule has 2 N–H and O–H groups in total. The lowest BCUT2D eigenvalue weighted by atomic mass is 10.2. The van der Waals surface area contributed by atoms with Crippen molar-refractivity contribution in [3.05, 3.63) is 82.0 Å². The van der Waals surface area contributed by atoms with Crippen LogP contribution in [-0.4, -0.2) is 28.7 Å². The van der Waals surface area contributed by atoms with Crippen molar-refractivity contribution in [2.24, 2.45) is 0 Å². The van der Waals surface area contributed by atoms with Gasteiger partial charge in [0.05, 0.1) is 7.11 Å². The second-order valence-corrected chi connectivity index (χ2v) is 6.41. The minimum Gasteiger partial charge on any atom is -0.497 e. The van der Waals surface area contributed by atoms with Crippen molar-refractivity contribution < 1.29 is 18.7 Å². The summed E-state index contributed by atoms with van der Waals surface area (Å²) >= 11 is 0. The quantitative estimate of drug-likeness (QED) is 0.650. The lowest BCUT2D eigenvalue weighted by molar-refractivity contribution is -0.117. The van der Waals surface area contributed by atoms with Gasteiger partial charge < -0.3 is 15.4 Å². The zero-order chi connectivity index (χ0) is 21.7. The van der Waals surface area contributed by atoms with E-state index in [-0.39, 0.29) is 11.4 Å². The molecule has 3 rings (SSSR count). The molecule has 0 aliphatic heterocycles. The lowest BCUT2D eigenvalue weighted by Crippen LogP contribution is -2.31. The minimum atomic E-state index is -0.583. The summed E-state index contributed by atoms with van der Waals surface area (Å²) in [7, 11) is 1.53. The van der Waals surface area contributed by atoms with Crippen molar-refractivity contribution in [2.75, 3.05) is 17.7 Å². The van der Waals surface area contributed by atoms with Crippen molar-refractivity contribution in [1.82, 2.24) is 9.78 Å². The summed E-state index contributed by atoms with van der Waals surface area (Å²) in [5, 5.41) is 9.09. The van der Waals surface area contributed by atoms with Crippen LogP contribution in [0.1, 0.15) is 16.1 Å². The van der Waals surface area contributed by atoms with Gasteiger partial charge >= 0.3 is 0 Å². The van der Waals surface area contributed by atoms with Crippen molar-refractivity contribution >= 4 is 23.2 Å². The summed E-state index contributed by atoms with van der Waals surface area (Å²) in [5.74, 6) is -0.949. The monoisotopic (exact) mass is 410 g/mol. The molecule has 0 atom stereocenters. The molecule has 154 valence electrons. The number of ether oxygens (including phenoxy) is 1. The summed E-state index contributed by atoms with van der Waals surface area (Å²) < 4.78 is 19.5. The first-order valence-corrected chi connectivity index (χ1v) is 8.95. The number of carbonyl (C=O) groups is 2. The highest BCUT2D eigenvalue weighted by Crippen LogP contribution is 2.16. The number of aromatic nitrogens is 2. The molecule has 3 aromatic rings. The van der Waals surface area contributed by atoms with Gasteiger partial charge in [0.15, 0.2) is 0 Å². The molecule has 0 aliphatic carbocycles. The highest BCUT2D eigenvalue weighted by Gasteiger charge is 2.13. The fourth-order valence-electron chi connectivity index (χ4n) is 2.56. The molecule has 0 radical (unpaired) electrons. The molecule has 0 saturated heterocycles. The number of halogens is 1. The van der Waals surface area contributed by atoms with Gasteiger partial charge in [0.25, 0.3) is 11.5 Å². The predicted molar refractivity (Wildman–Crippen MR) is 109 cm³/mol. The van der Waals surface area contributed by atoms with Crippen molar-refractivity contribution in [3.63, 3.8) is 0 Å². The van der Waals surface area contributed by atoms with Crippen LogP contribution in [0.15, 0.2) is 59.4 Å². The molecule has 0 fully saturated rings. The van der Waals surface area contributed by atoms with Crippen LogP contribution in [0.5, 0.6) is 5.75 Å². The maximum Gasteiger partial charge on any atom is 0.276 e. The topological polar surface area (TPSA) is 102 Å². The highest BCUT2D eigenvalue weighted by atomic mass is 19.1. The van der Waals surface area contributed by atoms with Gasteiger partial charge in [-0.15, -0.1) is 0 Å². The fourth-order valence-corrected chi connectivity index (χ4v) is 2.56. The molecule has 1 aromatic heterocycles. The molecule has 2 aromatic carbocycles. The van der Waals surface area contributed by atoms with Crippen molar-refractivity contribution in [2.45, 2.75) is 13.5 Å². The van der Waals surface area contributed by atoms with E-state index >= 15 is 0 Å². The van der Waals surface area contributed by atoms with Gasteiger partial charge in [-0.2, -0.15) is 5.10 Å². The molecule has 8 nitrogen and oxygen atoms in total. The van der Waals surface area contributed by atoms with Crippen LogP contribution in [0.4, 0.5) is 15.8 Å². The Morgan fingerprint density at radius 2 is 1.73 bits per heavy atom. The Hall–Kier alpha value is -4.01. The van der Waals surface area contributed by atoms with Crippen LogP contribution in [0.2, 0.25) is 0 Å². The minimum absolute atomic E-state index is 0.0420. The third-order valence-corrected chi connectivity index (χ3v) is 4.20. The third-order valence-electron chi connectivity index (χ3n) is 4.20. The summed E-state index contributed by atoms with van der Waals surface area (Å²) in [6.07, 6.45) is 0. The summed E-state index contributed by atoms with van der Waals surface area (Å²) in [6.45, 7) is 1.17. The largest absolute Gasteiger partial charge is 0.497 e. The standard InChI is InChI=1S/C21H19FN4O4/c1-13-3-4-15(11-17(13)22)23-19(27)12-26-20(28)10-9-18(25-26)21(29)24-14-5-7-16(30-2)8-6-14/h3-11H,12H2,1-2H3,(H,23,27)(H,24,29). The number of anilines is 2. The molecule has 1 heterocycles. The van der Waals surface area contributed by atoms with E-state index in [0.717, 1.165) is 10.7 Å². The van der Waals surface area contributed by atoms with Crippen LogP contribution >= 0.6 is 0 Å². The third kappa shape index (κ3) is 5.07. The summed E-state index contributed by atoms with van der Waals surface area (Å²) in [4.78, 5) is 36.7. The van der Waals surface area contributed by atoms with Gasteiger partial charge in [-0.05, 0) is 55.0 Å². The van der Waals surface area contributed by atoms with E-state index in [0.29, 0.717) is 17.0 Å². The van der Waals surface area contributed by atoms with Crippen LogP contribution in [-0.2, 0) is 11.3 Å². The van der Waals surface area contributed by atoms with E-state index in [4.69, 9.17) is 4.74 Å². The molecule has 9 heteroatoms. The average molecular weight is 410 g/mol. The summed E-state index contributed by atoms with van der Waals surface area (Å²) in [6, 6.07) is 13.3. The number of hydrogen-bond donors (Lipinski definition) is 2. The molecule has 30 heavy (non-hydrogen) atoms. The lowest BCUT2D eigenvalue weighted by Gasteiger charge is -2.09. The second kappa shape index (κ2) is 8.99. The van der Waals surface area contributed by atoms with Crippen LogP contribution in [0.3, 0.4) is 0 Å². The molecular weight excluding hydrogens is 391 g/mol.